The molecule has 8 heteroatoms. The number of fused-ring (bicyclic) bond motifs is 1. The first-order chi connectivity index (χ1) is 17.4. The van der Waals surface area contributed by atoms with Crippen LogP contribution in [-0.4, -0.2) is 35.8 Å². The summed E-state index contributed by atoms with van der Waals surface area (Å²) < 4.78 is 31.4. The number of rotatable bonds is 7. The molecule has 1 amide bonds. The lowest BCUT2D eigenvalue weighted by molar-refractivity contribution is -0.124. The van der Waals surface area contributed by atoms with Crippen LogP contribution in [0.15, 0.2) is 90.0 Å². The number of nitrogens with one attached hydrogen (secondary N) is 1. The highest BCUT2D eigenvalue weighted by molar-refractivity contribution is 7.89. The van der Waals surface area contributed by atoms with Crippen molar-refractivity contribution in [1.29, 1.82) is 0 Å². The Hall–Kier alpha value is -3.13. The van der Waals surface area contributed by atoms with Crippen LogP contribution in [0.1, 0.15) is 30.4 Å². The summed E-state index contributed by atoms with van der Waals surface area (Å²) in [5.74, 6) is -0.252. The molecule has 6 nitrogen and oxygen atoms in total. The molecule has 5 rings (SSSR count). The number of hydrogen-bond donors (Lipinski definition) is 1. The fraction of sp³-hybridized carbons (Fsp3) is 0.250. The minimum absolute atomic E-state index is 0.0886. The third kappa shape index (κ3) is 5.05. The summed E-state index contributed by atoms with van der Waals surface area (Å²) >= 11 is 6.02. The van der Waals surface area contributed by atoms with Crippen molar-refractivity contribution in [2.45, 2.75) is 43.3 Å². The molecule has 36 heavy (non-hydrogen) atoms. The Morgan fingerprint density at radius 2 is 1.67 bits per heavy atom. The molecule has 2 heterocycles. The zero-order chi connectivity index (χ0) is 25.1. The van der Waals surface area contributed by atoms with Crippen molar-refractivity contribution in [2.24, 2.45) is 0 Å². The number of nitrogens with zero attached hydrogens (tertiary/aromatic N) is 2. The number of carbonyl (C=O) groups excluding carboxylic acids is 1. The molecule has 186 valence electrons. The van der Waals surface area contributed by atoms with Gasteiger partial charge in [0.1, 0.15) is 6.04 Å². The van der Waals surface area contributed by atoms with Gasteiger partial charge in [-0.25, -0.2) is 8.42 Å². The summed E-state index contributed by atoms with van der Waals surface area (Å²) in [6, 6.07) is 23.5. The van der Waals surface area contributed by atoms with Crippen molar-refractivity contribution < 1.29 is 13.2 Å². The normalized spacial score (nSPS) is 16.7. The second-order valence-corrected chi connectivity index (χ2v) is 11.4. The molecular formula is C28H28ClN3O3S. The highest BCUT2D eigenvalue weighted by Crippen LogP contribution is 2.30. The Kier molecular flexibility index (Phi) is 7.14. The second-order valence-electron chi connectivity index (χ2n) is 9.09. The van der Waals surface area contributed by atoms with Crippen molar-refractivity contribution in [3.8, 4) is 0 Å². The maximum absolute atomic E-state index is 13.9. The van der Waals surface area contributed by atoms with Crippen LogP contribution in [0.25, 0.3) is 10.9 Å². The Bertz CT molecular complexity index is 1470. The number of benzene rings is 3. The fourth-order valence-electron chi connectivity index (χ4n) is 4.83. The predicted molar refractivity (Wildman–Crippen MR) is 142 cm³/mol. The molecule has 0 bridgehead atoms. The predicted octanol–water partition coefficient (Wildman–Crippen LogP) is 5.20. The lowest BCUT2D eigenvalue weighted by Crippen LogP contribution is -2.48. The van der Waals surface area contributed by atoms with Gasteiger partial charge in [-0.3, -0.25) is 4.79 Å². The standard InChI is InChI=1S/C28H28ClN3O3S/c29-23-13-15-24(16-14-23)36(34,35)32(27-12-6-7-17-30-28(27)33)20-22-19-31(18-21-8-2-1-3-9-21)26-11-5-4-10-25(22)26/h1-5,8-11,13-16,19,27H,6-7,12,17-18,20H2,(H,30,33). The molecule has 1 aliphatic heterocycles. The molecule has 1 N–H and O–H groups in total. The average molecular weight is 522 g/mol. The third-order valence-electron chi connectivity index (χ3n) is 6.67. The van der Waals surface area contributed by atoms with Crippen LogP contribution in [0.4, 0.5) is 0 Å². The molecule has 1 atom stereocenters. The topological polar surface area (TPSA) is 71.4 Å². The largest absolute Gasteiger partial charge is 0.355 e. The van der Waals surface area contributed by atoms with Crippen molar-refractivity contribution in [2.75, 3.05) is 6.54 Å². The quantitative estimate of drug-likeness (QED) is 0.363. The molecule has 0 saturated carbocycles. The molecule has 0 spiro atoms. The van der Waals surface area contributed by atoms with Gasteiger partial charge in [0, 0.05) is 41.8 Å². The van der Waals surface area contributed by atoms with E-state index in [9.17, 15) is 13.2 Å². The molecule has 0 aliphatic carbocycles. The minimum Gasteiger partial charge on any atom is -0.355 e. The molecule has 0 radical (unpaired) electrons. The third-order valence-corrected chi connectivity index (χ3v) is 8.79. The van der Waals surface area contributed by atoms with Crippen molar-refractivity contribution in [3.63, 3.8) is 0 Å². The second kappa shape index (κ2) is 10.5. The SMILES string of the molecule is O=C1NCCCCC1N(Cc1cn(Cc2ccccc2)c2ccccc12)S(=O)(=O)c1ccc(Cl)cc1. The molecule has 1 saturated heterocycles. The maximum atomic E-state index is 13.9. The van der Waals surface area contributed by atoms with Crippen LogP contribution < -0.4 is 5.32 Å². The average Bonchev–Trinajstić information content (AvgIpc) is 3.08. The fourth-order valence-corrected chi connectivity index (χ4v) is 6.55. The zero-order valence-corrected chi connectivity index (χ0v) is 21.4. The number of hydrogen-bond acceptors (Lipinski definition) is 3. The van der Waals surface area contributed by atoms with Gasteiger partial charge >= 0.3 is 0 Å². The van der Waals surface area contributed by atoms with Crippen LogP contribution in [-0.2, 0) is 27.9 Å². The van der Waals surface area contributed by atoms with Gasteiger partial charge in [0.25, 0.3) is 0 Å². The number of halogens is 1. The van der Waals surface area contributed by atoms with Crippen molar-refractivity contribution in [3.05, 3.63) is 101 Å². The van der Waals surface area contributed by atoms with Gasteiger partial charge in [0.05, 0.1) is 4.90 Å². The Balaban J connectivity index is 1.58. The number of para-hydroxylation sites is 1. The van der Waals surface area contributed by atoms with E-state index in [0.717, 1.165) is 34.9 Å². The molecular weight excluding hydrogens is 494 g/mol. The Labute approximate surface area is 216 Å². The lowest BCUT2D eigenvalue weighted by atomic mass is 10.1. The first-order valence-corrected chi connectivity index (χ1v) is 13.9. The van der Waals surface area contributed by atoms with E-state index < -0.39 is 16.1 Å². The molecule has 1 aromatic heterocycles. The van der Waals surface area contributed by atoms with Gasteiger partial charge in [-0.2, -0.15) is 4.31 Å². The van der Waals surface area contributed by atoms with E-state index in [-0.39, 0.29) is 17.3 Å². The van der Waals surface area contributed by atoms with E-state index in [1.54, 1.807) is 12.1 Å². The molecule has 1 unspecified atom stereocenters. The van der Waals surface area contributed by atoms with Gasteiger partial charge in [0.15, 0.2) is 0 Å². The van der Waals surface area contributed by atoms with Gasteiger partial charge in [-0.15, -0.1) is 0 Å². The minimum atomic E-state index is -3.98. The monoisotopic (exact) mass is 521 g/mol. The van der Waals surface area contributed by atoms with E-state index in [1.807, 2.05) is 48.7 Å². The maximum Gasteiger partial charge on any atom is 0.244 e. The van der Waals surface area contributed by atoms with Crippen LogP contribution in [0.5, 0.6) is 0 Å². The summed E-state index contributed by atoms with van der Waals surface area (Å²) in [7, 11) is -3.98. The van der Waals surface area contributed by atoms with Gasteiger partial charge in [-0.1, -0.05) is 60.1 Å². The van der Waals surface area contributed by atoms with E-state index in [2.05, 4.69) is 22.0 Å². The van der Waals surface area contributed by atoms with Crippen molar-refractivity contribution >= 4 is 38.4 Å². The molecule has 4 aromatic rings. The van der Waals surface area contributed by atoms with Crippen molar-refractivity contribution in [1.82, 2.24) is 14.2 Å². The van der Waals surface area contributed by atoms with Crippen LogP contribution in [0.2, 0.25) is 5.02 Å². The summed E-state index contributed by atoms with van der Waals surface area (Å²) in [6.07, 6.45) is 4.08. The van der Waals surface area contributed by atoms with E-state index in [0.29, 0.717) is 24.5 Å². The zero-order valence-electron chi connectivity index (χ0n) is 19.8. The summed E-state index contributed by atoms with van der Waals surface area (Å²) in [5.41, 5.74) is 3.03. The smallest absolute Gasteiger partial charge is 0.244 e. The molecule has 1 aliphatic rings. The summed E-state index contributed by atoms with van der Waals surface area (Å²) in [4.78, 5) is 13.2. The summed E-state index contributed by atoms with van der Waals surface area (Å²) in [6.45, 7) is 1.31. The highest BCUT2D eigenvalue weighted by Gasteiger charge is 2.37. The van der Waals surface area contributed by atoms with Gasteiger partial charge in [0.2, 0.25) is 15.9 Å². The number of amides is 1. The molecule has 3 aromatic carbocycles. The number of sulfonamides is 1. The van der Waals surface area contributed by atoms with Crippen LogP contribution >= 0.6 is 11.6 Å². The highest BCUT2D eigenvalue weighted by atomic mass is 35.5. The van der Waals surface area contributed by atoms with E-state index in [1.165, 1.54) is 16.4 Å². The first kappa shape index (κ1) is 24.6. The summed E-state index contributed by atoms with van der Waals surface area (Å²) in [5, 5.41) is 4.32. The van der Waals surface area contributed by atoms with E-state index in [4.69, 9.17) is 11.6 Å². The molecule has 1 fully saturated rings. The van der Waals surface area contributed by atoms with Crippen LogP contribution in [0, 0.1) is 0 Å². The Morgan fingerprint density at radius 3 is 2.44 bits per heavy atom. The van der Waals surface area contributed by atoms with Gasteiger partial charge in [-0.05, 0) is 60.7 Å². The lowest BCUT2D eigenvalue weighted by Gasteiger charge is -2.29. The van der Waals surface area contributed by atoms with Crippen LogP contribution in [0.3, 0.4) is 0 Å². The number of carbonyl (C=O) groups is 1. The first-order valence-electron chi connectivity index (χ1n) is 12.1. The van der Waals surface area contributed by atoms with Gasteiger partial charge < -0.3 is 9.88 Å². The van der Waals surface area contributed by atoms with E-state index >= 15 is 0 Å². The number of aromatic nitrogens is 1. The Morgan fingerprint density at radius 1 is 0.944 bits per heavy atom.